The van der Waals surface area contributed by atoms with Crippen LogP contribution in [0.4, 0.5) is 10.7 Å². The maximum atomic E-state index is 13.5. The molecule has 1 aromatic heterocycles. The van der Waals surface area contributed by atoms with E-state index in [0.29, 0.717) is 42.3 Å². The molecule has 2 aromatic rings. The number of likely N-dealkylation sites (N-methyl/N-ethyl adjacent to an activating group) is 1. The molecule has 0 radical (unpaired) electrons. The average Bonchev–Trinajstić information content (AvgIpc) is 3.31. The molecule has 0 aliphatic carbocycles. The van der Waals surface area contributed by atoms with Gasteiger partial charge in [-0.1, -0.05) is 24.9 Å². The van der Waals surface area contributed by atoms with E-state index in [9.17, 15) is 9.59 Å². The Hall–Kier alpha value is -3.36. The minimum atomic E-state index is -0.606. The number of fused-ring (bicyclic) bond motifs is 3. The fourth-order valence-corrected chi connectivity index (χ4v) is 4.64. The second kappa shape index (κ2) is 9.12. The van der Waals surface area contributed by atoms with Crippen LogP contribution in [-0.4, -0.2) is 60.0 Å². The van der Waals surface area contributed by atoms with Gasteiger partial charge in [-0.2, -0.15) is 0 Å². The minimum Gasteiger partial charge on any atom is -0.493 e. The SMILES string of the molecule is COc1ccc(CC[n+]2c(C)c(C)n3c2N=C2C3C(=O)N(CCC(C)C)C(=O)N2C)cc1OC. The Kier molecular flexibility index (Phi) is 6.38. The lowest BCUT2D eigenvalue weighted by molar-refractivity contribution is -0.688. The number of aliphatic imine (C=N–C) groups is 1. The van der Waals surface area contributed by atoms with Crippen LogP contribution in [-0.2, 0) is 17.8 Å². The van der Waals surface area contributed by atoms with Crippen LogP contribution < -0.4 is 14.0 Å². The maximum absolute atomic E-state index is 13.5. The van der Waals surface area contributed by atoms with Crippen LogP contribution in [0.3, 0.4) is 0 Å². The van der Waals surface area contributed by atoms with Crippen molar-refractivity contribution < 1.29 is 23.6 Å². The number of hydrogen-bond acceptors (Lipinski definition) is 5. The quantitative estimate of drug-likeness (QED) is 0.558. The van der Waals surface area contributed by atoms with Gasteiger partial charge in [-0.3, -0.25) is 14.6 Å². The predicted octanol–water partition coefficient (Wildman–Crippen LogP) is 3.18. The molecule has 0 saturated carbocycles. The third kappa shape index (κ3) is 3.82. The van der Waals surface area contributed by atoms with Gasteiger partial charge in [-0.25, -0.2) is 13.9 Å². The highest BCUT2D eigenvalue weighted by Crippen LogP contribution is 2.35. The molecule has 0 N–H and O–H groups in total. The Morgan fingerprint density at radius 2 is 1.82 bits per heavy atom. The summed E-state index contributed by atoms with van der Waals surface area (Å²) in [6.45, 7) is 9.32. The highest BCUT2D eigenvalue weighted by molar-refractivity contribution is 6.20. The van der Waals surface area contributed by atoms with Gasteiger partial charge < -0.3 is 9.47 Å². The summed E-state index contributed by atoms with van der Waals surface area (Å²) in [5.41, 5.74) is 3.14. The molecule has 1 aromatic carbocycles. The largest absolute Gasteiger partial charge is 0.493 e. The third-order valence-electron chi connectivity index (χ3n) is 6.83. The Bertz CT molecular complexity index is 1170. The number of methoxy groups -OCH3 is 2. The van der Waals surface area contributed by atoms with E-state index in [2.05, 4.69) is 18.4 Å². The van der Waals surface area contributed by atoms with Crippen molar-refractivity contribution in [2.24, 2.45) is 10.9 Å². The second-order valence-electron chi connectivity index (χ2n) is 9.32. The first-order chi connectivity index (χ1) is 16.2. The molecular weight excluding hydrogens is 434 g/mol. The van der Waals surface area contributed by atoms with E-state index in [1.807, 2.05) is 36.6 Å². The zero-order chi connectivity index (χ0) is 24.7. The molecule has 3 heterocycles. The minimum absolute atomic E-state index is 0.202. The summed E-state index contributed by atoms with van der Waals surface area (Å²) in [4.78, 5) is 34.1. The van der Waals surface area contributed by atoms with Gasteiger partial charge >= 0.3 is 12.0 Å². The molecular formula is C25H34N5O4+. The number of aryl methyl sites for hydroxylation is 1. The Balaban J connectivity index is 1.65. The number of benzene rings is 1. The number of hydrogen-bond donors (Lipinski definition) is 0. The van der Waals surface area contributed by atoms with E-state index in [1.165, 1.54) is 9.80 Å². The molecule has 9 heteroatoms. The monoisotopic (exact) mass is 468 g/mol. The topological polar surface area (TPSA) is 80.2 Å². The number of rotatable bonds is 8. The number of urea groups is 1. The van der Waals surface area contributed by atoms with Crippen LogP contribution in [0.25, 0.3) is 0 Å². The summed E-state index contributed by atoms with van der Waals surface area (Å²) in [6, 6.07) is 4.99. The lowest BCUT2D eigenvalue weighted by atomic mass is 10.1. The van der Waals surface area contributed by atoms with Crippen molar-refractivity contribution in [3.05, 3.63) is 35.2 Å². The van der Waals surface area contributed by atoms with Crippen molar-refractivity contribution in [3.8, 4) is 11.5 Å². The van der Waals surface area contributed by atoms with Gasteiger partial charge in [-0.05, 0) is 43.9 Å². The van der Waals surface area contributed by atoms with E-state index in [-0.39, 0.29) is 11.9 Å². The summed E-state index contributed by atoms with van der Waals surface area (Å²) in [7, 11) is 4.95. The zero-order valence-corrected chi connectivity index (χ0v) is 21.1. The van der Waals surface area contributed by atoms with Crippen molar-refractivity contribution in [1.82, 2.24) is 14.4 Å². The van der Waals surface area contributed by atoms with Crippen LogP contribution in [0.2, 0.25) is 0 Å². The number of amides is 3. The normalized spacial score (nSPS) is 17.3. The average molecular weight is 469 g/mol. The Morgan fingerprint density at radius 3 is 2.47 bits per heavy atom. The number of ether oxygens (including phenoxy) is 2. The van der Waals surface area contributed by atoms with Gasteiger partial charge in [0.1, 0.15) is 11.4 Å². The standard InChI is InChI=1S/C25H34N5O4/c1-15(2)10-12-29-23(31)21-22(27(5)25(29)32)26-24-28(16(3)17(4)30(21)24)13-11-18-8-9-19(33-6)20(14-18)34-7/h8-9,14-15,21H,10-13H2,1-7H3/q+1. The predicted molar refractivity (Wildman–Crippen MR) is 128 cm³/mol. The van der Waals surface area contributed by atoms with E-state index in [0.717, 1.165) is 29.8 Å². The molecule has 1 atom stereocenters. The molecule has 3 amide bonds. The number of aromatic nitrogens is 2. The van der Waals surface area contributed by atoms with E-state index in [1.54, 1.807) is 21.3 Å². The number of carbonyl (C=O) groups excluding carboxylic acids is 2. The van der Waals surface area contributed by atoms with Crippen LogP contribution >= 0.6 is 0 Å². The van der Waals surface area contributed by atoms with Crippen molar-refractivity contribution in [2.75, 3.05) is 27.8 Å². The number of imide groups is 1. The number of nitrogens with zero attached hydrogens (tertiary/aromatic N) is 5. The highest BCUT2D eigenvalue weighted by Gasteiger charge is 2.53. The maximum Gasteiger partial charge on any atom is 0.402 e. The summed E-state index contributed by atoms with van der Waals surface area (Å²) in [6.07, 6.45) is 1.52. The van der Waals surface area contributed by atoms with Crippen molar-refractivity contribution in [3.63, 3.8) is 0 Å². The molecule has 9 nitrogen and oxygen atoms in total. The first-order valence-electron chi connectivity index (χ1n) is 11.7. The third-order valence-corrected chi connectivity index (χ3v) is 6.83. The summed E-state index contributed by atoms with van der Waals surface area (Å²) < 4.78 is 14.9. The summed E-state index contributed by atoms with van der Waals surface area (Å²) >= 11 is 0. The molecule has 1 fully saturated rings. The van der Waals surface area contributed by atoms with Gasteiger partial charge in [-0.15, -0.1) is 0 Å². The molecule has 2 aliphatic rings. The first kappa shape index (κ1) is 23.8. The Morgan fingerprint density at radius 1 is 1.12 bits per heavy atom. The molecule has 182 valence electrons. The molecule has 0 bridgehead atoms. The van der Waals surface area contributed by atoms with Gasteiger partial charge in [0, 0.05) is 20.0 Å². The lowest BCUT2D eigenvalue weighted by Crippen LogP contribution is -2.58. The lowest BCUT2D eigenvalue weighted by Gasteiger charge is -2.33. The highest BCUT2D eigenvalue weighted by atomic mass is 16.5. The van der Waals surface area contributed by atoms with Crippen LogP contribution in [0.1, 0.15) is 43.3 Å². The summed E-state index contributed by atoms with van der Waals surface area (Å²) in [5, 5.41) is 0. The first-order valence-corrected chi connectivity index (χ1v) is 11.7. The van der Waals surface area contributed by atoms with Crippen molar-refractivity contribution >= 4 is 23.7 Å². The smallest absolute Gasteiger partial charge is 0.402 e. The molecule has 0 spiro atoms. The molecule has 1 unspecified atom stereocenters. The van der Waals surface area contributed by atoms with Gasteiger partial charge in [0.25, 0.3) is 5.91 Å². The van der Waals surface area contributed by atoms with Crippen LogP contribution in [0.5, 0.6) is 11.5 Å². The number of imidazole rings is 1. The van der Waals surface area contributed by atoms with Crippen molar-refractivity contribution in [2.45, 2.75) is 53.1 Å². The molecule has 4 rings (SSSR count). The van der Waals surface area contributed by atoms with E-state index in [4.69, 9.17) is 14.5 Å². The van der Waals surface area contributed by atoms with Crippen molar-refractivity contribution in [1.29, 1.82) is 0 Å². The zero-order valence-electron chi connectivity index (χ0n) is 21.1. The van der Waals surface area contributed by atoms with E-state index < -0.39 is 6.04 Å². The molecule has 1 saturated heterocycles. The number of carbonyl (C=O) groups is 2. The van der Waals surface area contributed by atoms with E-state index >= 15 is 0 Å². The van der Waals surface area contributed by atoms with Gasteiger partial charge in [0.2, 0.25) is 11.9 Å². The number of amidine groups is 1. The van der Waals surface area contributed by atoms with Crippen LogP contribution in [0.15, 0.2) is 23.2 Å². The van der Waals surface area contributed by atoms with Gasteiger partial charge in [0.05, 0.1) is 20.8 Å². The molecule has 34 heavy (non-hydrogen) atoms. The molecule has 2 aliphatic heterocycles. The fourth-order valence-electron chi connectivity index (χ4n) is 4.64. The Labute approximate surface area is 200 Å². The fraction of sp³-hybridized carbons (Fsp3) is 0.520. The van der Waals surface area contributed by atoms with Gasteiger partial charge in [0.15, 0.2) is 11.5 Å². The summed E-state index contributed by atoms with van der Waals surface area (Å²) in [5.74, 6) is 2.78. The second-order valence-corrected chi connectivity index (χ2v) is 9.32. The van der Waals surface area contributed by atoms with Crippen LogP contribution in [0, 0.1) is 19.8 Å².